The van der Waals surface area contributed by atoms with E-state index in [-0.39, 0.29) is 5.91 Å². The molecule has 0 spiro atoms. The van der Waals surface area contributed by atoms with Gasteiger partial charge in [0.1, 0.15) is 12.7 Å². The fourth-order valence-corrected chi connectivity index (χ4v) is 0.790. The highest BCUT2D eigenvalue weighted by Crippen LogP contribution is 1.77. The van der Waals surface area contributed by atoms with Gasteiger partial charge in [-0.3, -0.25) is 9.48 Å². The summed E-state index contributed by atoms with van der Waals surface area (Å²) in [7, 11) is 0. The second-order valence-electron chi connectivity index (χ2n) is 2.29. The summed E-state index contributed by atoms with van der Waals surface area (Å²) < 4.78 is 1.64. The van der Waals surface area contributed by atoms with Crippen LogP contribution in [0, 0.1) is 11.8 Å². The molecule has 1 aromatic rings. The van der Waals surface area contributed by atoms with Crippen molar-refractivity contribution in [1.29, 1.82) is 0 Å². The highest BCUT2D eigenvalue weighted by Gasteiger charge is 1.94. The number of carbonyl (C=O) groups excluding carboxylic acids is 1. The number of aromatic nitrogens is 3. The molecule has 0 bridgehead atoms. The number of carbonyl (C=O) groups is 1. The van der Waals surface area contributed by atoms with Gasteiger partial charge in [-0.05, 0) is 12.8 Å². The van der Waals surface area contributed by atoms with Gasteiger partial charge < -0.3 is 5.32 Å². The highest BCUT2D eigenvalue weighted by atomic mass is 16.1. The van der Waals surface area contributed by atoms with Crippen molar-refractivity contribution in [3.8, 4) is 11.8 Å². The van der Waals surface area contributed by atoms with Crippen LogP contribution in [0.3, 0.4) is 0 Å². The van der Waals surface area contributed by atoms with Gasteiger partial charge in [0.05, 0.1) is 6.54 Å². The van der Waals surface area contributed by atoms with E-state index in [0.717, 1.165) is 0 Å². The minimum Gasteiger partial charge on any atom is -0.343 e. The summed E-state index contributed by atoms with van der Waals surface area (Å²) in [6.45, 7) is 2.74. The number of hydrogen-bond acceptors (Lipinski definition) is 3. The Morgan fingerprint density at radius 3 is 3.15 bits per heavy atom. The molecule has 0 aliphatic carbocycles. The second-order valence-corrected chi connectivity index (χ2v) is 2.29. The van der Waals surface area contributed by atoms with Gasteiger partial charge in [-0.1, -0.05) is 5.92 Å². The summed E-state index contributed by atoms with van der Waals surface area (Å²) in [5.74, 6) is 4.63. The number of nitrogens with one attached hydrogen (secondary N) is 1. The number of hydrogen-bond donors (Lipinski definition) is 1. The van der Waals surface area contributed by atoms with Crippen LogP contribution >= 0.6 is 0 Å². The standard InChI is InChI=1S/C8H10N4O/c1-2-3-8(13)10-4-5-12-7-9-6-11-12/h6-7H,4-5H2,1H3,(H,10,13). The van der Waals surface area contributed by atoms with Crippen LogP contribution in [0.1, 0.15) is 6.92 Å². The largest absolute Gasteiger partial charge is 0.343 e. The van der Waals surface area contributed by atoms with Crippen LogP contribution in [-0.4, -0.2) is 27.2 Å². The van der Waals surface area contributed by atoms with E-state index in [1.165, 1.54) is 6.33 Å². The zero-order chi connectivity index (χ0) is 9.52. The third kappa shape index (κ3) is 3.38. The molecule has 0 atom stereocenters. The van der Waals surface area contributed by atoms with E-state index in [0.29, 0.717) is 13.1 Å². The van der Waals surface area contributed by atoms with Gasteiger partial charge in [0.25, 0.3) is 5.91 Å². The molecule has 1 aromatic heterocycles. The Hall–Kier alpha value is -1.83. The van der Waals surface area contributed by atoms with Gasteiger partial charge in [-0.2, -0.15) is 5.10 Å². The average molecular weight is 178 g/mol. The molecular weight excluding hydrogens is 168 g/mol. The SMILES string of the molecule is CC#CC(=O)NCCn1cncn1. The van der Waals surface area contributed by atoms with E-state index >= 15 is 0 Å². The molecule has 0 aliphatic heterocycles. The van der Waals surface area contributed by atoms with Crippen molar-refractivity contribution in [3.63, 3.8) is 0 Å². The van der Waals surface area contributed by atoms with Crippen molar-refractivity contribution in [2.45, 2.75) is 13.5 Å². The van der Waals surface area contributed by atoms with Crippen molar-refractivity contribution in [2.75, 3.05) is 6.54 Å². The lowest BCUT2D eigenvalue weighted by Crippen LogP contribution is -2.25. The van der Waals surface area contributed by atoms with E-state index < -0.39 is 0 Å². The molecule has 0 fully saturated rings. The van der Waals surface area contributed by atoms with E-state index in [2.05, 4.69) is 27.2 Å². The van der Waals surface area contributed by atoms with Crippen molar-refractivity contribution < 1.29 is 4.79 Å². The number of nitrogens with zero attached hydrogens (tertiary/aromatic N) is 3. The predicted octanol–water partition coefficient (Wildman–Crippen LogP) is -0.582. The summed E-state index contributed by atoms with van der Waals surface area (Å²) in [5, 5.41) is 6.50. The van der Waals surface area contributed by atoms with Gasteiger partial charge in [-0.15, -0.1) is 0 Å². The molecule has 0 saturated carbocycles. The summed E-state index contributed by atoms with van der Waals surface area (Å²) in [6.07, 6.45) is 3.05. The molecule has 68 valence electrons. The first-order valence-corrected chi connectivity index (χ1v) is 3.86. The average Bonchev–Trinajstić information content (AvgIpc) is 2.57. The van der Waals surface area contributed by atoms with Crippen LogP contribution in [0.2, 0.25) is 0 Å². The van der Waals surface area contributed by atoms with Crippen LogP contribution in [0.5, 0.6) is 0 Å². The lowest BCUT2D eigenvalue weighted by molar-refractivity contribution is -0.115. The third-order valence-electron chi connectivity index (χ3n) is 1.33. The Bertz CT molecular complexity index is 320. The minimum absolute atomic E-state index is 0.261. The molecular formula is C8H10N4O. The molecule has 0 aromatic carbocycles. The van der Waals surface area contributed by atoms with Crippen LogP contribution in [0.15, 0.2) is 12.7 Å². The van der Waals surface area contributed by atoms with Gasteiger partial charge in [0.2, 0.25) is 0 Å². The summed E-state index contributed by atoms with van der Waals surface area (Å²) in [6, 6.07) is 0. The van der Waals surface area contributed by atoms with Crippen LogP contribution in [0.4, 0.5) is 0 Å². The molecule has 0 radical (unpaired) electrons. The first-order valence-electron chi connectivity index (χ1n) is 3.86. The Morgan fingerprint density at radius 1 is 1.69 bits per heavy atom. The Labute approximate surface area is 76.2 Å². The minimum atomic E-state index is -0.261. The molecule has 1 rings (SSSR count). The molecule has 13 heavy (non-hydrogen) atoms. The summed E-state index contributed by atoms with van der Waals surface area (Å²) in [5.41, 5.74) is 0. The molecule has 0 aliphatic rings. The molecule has 5 heteroatoms. The smallest absolute Gasteiger partial charge is 0.295 e. The molecule has 1 N–H and O–H groups in total. The molecule has 1 amide bonds. The van der Waals surface area contributed by atoms with Gasteiger partial charge in [-0.25, -0.2) is 4.98 Å². The fourth-order valence-electron chi connectivity index (χ4n) is 0.790. The van der Waals surface area contributed by atoms with E-state index in [1.807, 2.05) is 0 Å². The quantitative estimate of drug-likeness (QED) is 0.630. The zero-order valence-electron chi connectivity index (χ0n) is 7.32. The monoisotopic (exact) mass is 178 g/mol. The second kappa shape index (κ2) is 4.93. The zero-order valence-corrected chi connectivity index (χ0v) is 7.32. The van der Waals surface area contributed by atoms with E-state index in [1.54, 1.807) is 17.9 Å². The number of rotatable bonds is 3. The van der Waals surface area contributed by atoms with Crippen molar-refractivity contribution in [2.24, 2.45) is 0 Å². The maximum Gasteiger partial charge on any atom is 0.295 e. The predicted molar refractivity (Wildman–Crippen MR) is 46.5 cm³/mol. The lowest BCUT2D eigenvalue weighted by atomic mass is 10.5. The maximum atomic E-state index is 10.8. The Kier molecular flexibility index (Phi) is 3.51. The van der Waals surface area contributed by atoms with Crippen molar-refractivity contribution in [3.05, 3.63) is 12.7 Å². The van der Waals surface area contributed by atoms with Crippen molar-refractivity contribution in [1.82, 2.24) is 20.1 Å². The number of amides is 1. The van der Waals surface area contributed by atoms with Crippen LogP contribution in [0.25, 0.3) is 0 Å². The van der Waals surface area contributed by atoms with Crippen LogP contribution in [-0.2, 0) is 11.3 Å². The first kappa shape index (κ1) is 9.26. The lowest BCUT2D eigenvalue weighted by Gasteiger charge is -1.99. The Balaban J connectivity index is 2.20. The summed E-state index contributed by atoms with van der Waals surface area (Å²) >= 11 is 0. The maximum absolute atomic E-state index is 10.8. The third-order valence-corrected chi connectivity index (χ3v) is 1.33. The molecule has 0 saturated heterocycles. The normalized spacial score (nSPS) is 8.69. The van der Waals surface area contributed by atoms with E-state index in [4.69, 9.17) is 0 Å². The fraction of sp³-hybridized carbons (Fsp3) is 0.375. The highest BCUT2D eigenvalue weighted by molar-refractivity contribution is 5.93. The topological polar surface area (TPSA) is 59.8 Å². The van der Waals surface area contributed by atoms with E-state index in [9.17, 15) is 4.79 Å². The van der Waals surface area contributed by atoms with Crippen LogP contribution < -0.4 is 5.32 Å². The molecule has 5 nitrogen and oxygen atoms in total. The first-order chi connectivity index (χ1) is 6.33. The molecule has 1 heterocycles. The Morgan fingerprint density at radius 2 is 2.54 bits per heavy atom. The van der Waals surface area contributed by atoms with Gasteiger partial charge in [0.15, 0.2) is 0 Å². The van der Waals surface area contributed by atoms with Gasteiger partial charge >= 0.3 is 0 Å². The van der Waals surface area contributed by atoms with Crippen molar-refractivity contribution >= 4 is 5.91 Å². The van der Waals surface area contributed by atoms with Gasteiger partial charge in [0, 0.05) is 6.54 Å². The summed E-state index contributed by atoms with van der Waals surface area (Å²) in [4.78, 5) is 14.6. The molecule has 0 unspecified atom stereocenters.